The Morgan fingerprint density at radius 1 is 1.12 bits per heavy atom. The summed E-state index contributed by atoms with van der Waals surface area (Å²) in [6.45, 7) is 6.42. The summed E-state index contributed by atoms with van der Waals surface area (Å²) in [5, 5.41) is 6.79. The minimum Gasteiger partial charge on any atom is -0.493 e. The van der Waals surface area contributed by atoms with E-state index in [0.29, 0.717) is 35.2 Å². The molecule has 9 heteroatoms. The minimum atomic E-state index is -0.778. The summed E-state index contributed by atoms with van der Waals surface area (Å²) in [6.07, 6.45) is 2.39. The number of hydrazone groups is 1. The number of rotatable bonds is 10. The summed E-state index contributed by atoms with van der Waals surface area (Å²) in [6, 6.07) is 9.47. The molecule has 0 bridgehead atoms. The summed E-state index contributed by atoms with van der Waals surface area (Å²) in [5.74, 6) is 1.33. The fourth-order valence-electron chi connectivity index (χ4n) is 3.13. The van der Waals surface area contributed by atoms with Gasteiger partial charge in [-0.15, -0.1) is 0 Å². The van der Waals surface area contributed by atoms with Gasteiger partial charge in [-0.1, -0.05) is 20.8 Å². The molecule has 3 rings (SSSR count). The lowest BCUT2D eigenvalue weighted by Gasteiger charge is -2.20. The normalized spacial score (nSPS) is 13.1. The van der Waals surface area contributed by atoms with Crippen LogP contribution in [-0.4, -0.2) is 44.6 Å². The lowest BCUT2D eigenvalue weighted by Crippen LogP contribution is -2.48. The van der Waals surface area contributed by atoms with Crippen LogP contribution in [0, 0.1) is 5.92 Å². The average molecular weight is 456 g/mol. The van der Waals surface area contributed by atoms with Crippen LogP contribution in [0.2, 0.25) is 0 Å². The molecule has 1 heterocycles. The molecule has 0 spiro atoms. The largest absolute Gasteiger partial charge is 0.493 e. The molecule has 0 saturated heterocycles. The third-order valence-electron chi connectivity index (χ3n) is 4.91. The first-order valence-electron chi connectivity index (χ1n) is 10.8. The maximum Gasteiger partial charge on any atom is 0.262 e. The fraction of sp³-hybridized carbons (Fsp3) is 0.375. The van der Waals surface area contributed by atoms with Crippen molar-refractivity contribution in [1.29, 1.82) is 0 Å². The predicted octanol–water partition coefficient (Wildman–Crippen LogP) is 3.12. The van der Waals surface area contributed by atoms with E-state index in [-0.39, 0.29) is 12.7 Å². The Hall–Kier alpha value is -3.75. The van der Waals surface area contributed by atoms with Gasteiger partial charge >= 0.3 is 0 Å². The van der Waals surface area contributed by atoms with Gasteiger partial charge < -0.3 is 24.3 Å². The molecule has 2 N–H and O–H groups in total. The highest BCUT2D eigenvalue weighted by Crippen LogP contribution is 2.32. The smallest absolute Gasteiger partial charge is 0.262 e. The van der Waals surface area contributed by atoms with Crippen LogP contribution in [0.1, 0.15) is 43.1 Å². The fourth-order valence-corrected chi connectivity index (χ4v) is 3.13. The van der Waals surface area contributed by atoms with Crippen molar-refractivity contribution in [3.63, 3.8) is 0 Å². The van der Waals surface area contributed by atoms with E-state index in [9.17, 15) is 9.59 Å². The van der Waals surface area contributed by atoms with Gasteiger partial charge in [0.2, 0.25) is 6.79 Å². The van der Waals surface area contributed by atoms with Crippen molar-refractivity contribution in [2.45, 2.75) is 33.2 Å². The Morgan fingerprint density at radius 3 is 2.64 bits per heavy atom. The Balaban J connectivity index is 1.62. The van der Waals surface area contributed by atoms with Gasteiger partial charge in [-0.3, -0.25) is 9.59 Å². The number of hydrogen-bond acceptors (Lipinski definition) is 7. The Labute approximate surface area is 193 Å². The Morgan fingerprint density at radius 2 is 1.91 bits per heavy atom. The van der Waals surface area contributed by atoms with E-state index in [4.69, 9.17) is 18.9 Å². The van der Waals surface area contributed by atoms with Gasteiger partial charge in [0.1, 0.15) is 6.04 Å². The Bertz CT molecular complexity index is 1020. The van der Waals surface area contributed by atoms with E-state index in [1.165, 1.54) is 6.21 Å². The van der Waals surface area contributed by atoms with Crippen molar-refractivity contribution < 1.29 is 28.5 Å². The van der Waals surface area contributed by atoms with Crippen LogP contribution < -0.4 is 29.7 Å². The highest BCUT2D eigenvalue weighted by molar-refractivity contribution is 5.98. The SMILES string of the molecule is CCCOc1ccc(C=NNC(=O)C(NC(=O)c2ccc3c(c2)OCO3)C(C)C)cc1OC. The molecule has 1 aliphatic rings. The first-order valence-corrected chi connectivity index (χ1v) is 10.8. The zero-order valence-corrected chi connectivity index (χ0v) is 19.2. The van der Waals surface area contributed by atoms with Crippen molar-refractivity contribution >= 4 is 18.0 Å². The number of carbonyl (C=O) groups is 2. The molecule has 0 fully saturated rings. The molecule has 0 aromatic heterocycles. The van der Waals surface area contributed by atoms with Crippen LogP contribution >= 0.6 is 0 Å². The lowest BCUT2D eigenvalue weighted by atomic mass is 10.0. The third-order valence-corrected chi connectivity index (χ3v) is 4.91. The van der Waals surface area contributed by atoms with Gasteiger partial charge in [-0.05, 0) is 54.3 Å². The zero-order valence-electron chi connectivity index (χ0n) is 19.2. The van der Waals surface area contributed by atoms with Gasteiger partial charge in [0.25, 0.3) is 11.8 Å². The van der Waals surface area contributed by atoms with Crippen molar-refractivity contribution in [3.8, 4) is 23.0 Å². The molecule has 0 aliphatic carbocycles. The molecular weight excluding hydrogens is 426 g/mol. The highest BCUT2D eigenvalue weighted by Gasteiger charge is 2.25. The van der Waals surface area contributed by atoms with Crippen LogP contribution in [0.25, 0.3) is 0 Å². The number of hydrogen-bond donors (Lipinski definition) is 2. The van der Waals surface area contributed by atoms with Crippen LogP contribution in [0.15, 0.2) is 41.5 Å². The topological polar surface area (TPSA) is 107 Å². The van der Waals surface area contributed by atoms with E-state index in [2.05, 4.69) is 15.8 Å². The number of nitrogens with zero attached hydrogens (tertiary/aromatic N) is 1. The van der Waals surface area contributed by atoms with E-state index < -0.39 is 17.9 Å². The summed E-state index contributed by atoms with van der Waals surface area (Å²) in [4.78, 5) is 25.4. The van der Waals surface area contributed by atoms with Crippen molar-refractivity contribution in [2.75, 3.05) is 20.5 Å². The predicted molar refractivity (Wildman–Crippen MR) is 123 cm³/mol. The molecule has 1 unspecified atom stereocenters. The average Bonchev–Trinajstić information content (AvgIpc) is 3.29. The zero-order chi connectivity index (χ0) is 23.8. The minimum absolute atomic E-state index is 0.121. The van der Waals surface area contributed by atoms with Crippen LogP contribution in [0.3, 0.4) is 0 Å². The Kier molecular flexibility index (Phi) is 8.12. The quantitative estimate of drug-likeness (QED) is 0.421. The summed E-state index contributed by atoms with van der Waals surface area (Å²) >= 11 is 0. The van der Waals surface area contributed by atoms with Crippen molar-refractivity contribution in [2.24, 2.45) is 11.0 Å². The number of benzene rings is 2. The van der Waals surface area contributed by atoms with Crippen molar-refractivity contribution in [3.05, 3.63) is 47.5 Å². The van der Waals surface area contributed by atoms with Gasteiger partial charge in [0, 0.05) is 5.56 Å². The summed E-state index contributed by atoms with van der Waals surface area (Å²) < 4.78 is 21.6. The lowest BCUT2D eigenvalue weighted by molar-refractivity contribution is -0.123. The van der Waals surface area contributed by atoms with Gasteiger partial charge in [0.15, 0.2) is 23.0 Å². The summed E-state index contributed by atoms with van der Waals surface area (Å²) in [7, 11) is 1.56. The molecule has 1 aliphatic heterocycles. The van der Waals surface area contributed by atoms with Crippen LogP contribution in [0.4, 0.5) is 0 Å². The highest BCUT2D eigenvalue weighted by atomic mass is 16.7. The van der Waals surface area contributed by atoms with E-state index in [1.807, 2.05) is 26.8 Å². The molecular formula is C24H29N3O6. The molecule has 2 amide bonds. The van der Waals surface area contributed by atoms with Gasteiger partial charge in [-0.25, -0.2) is 5.43 Å². The maximum atomic E-state index is 12.7. The van der Waals surface area contributed by atoms with Crippen LogP contribution in [0.5, 0.6) is 23.0 Å². The molecule has 176 valence electrons. The number of ether oxygens (including phenoxy) is 4. The molecule has 33 heavy (non-hydrogen) atoms. The number of nitrogens with one attached hydrogen (secondary N) is 2. The molecule has 2 aromatic carbocycles. The van der Waals surface area contributed by atoms with E-state index in [0.717, 1.165) is 12.0 Å². The number of amides is 2. The molecule has 0 saturated carbocycles. The second-order valence-electron chi connectivity index (χ2n) is 7.76. The second-order valence-corrected chi connectivity index (χ2v) is 7.76. The van der Waals surface area contributed by atoms with E-state index >= 15 is 0 Å². The first-order chi connectivity index (χ1) is 15.9. The van der Waals surface area contributed by atoms with E-state index in [1.54, 1.807) is 37.4 Å². The third kappa shape index (κ3) is 6.15. The monoisotopic (exact) mass is 455 g/mol. The second kappa shape index (κ2) is 11.2. The standard InChI is InChI=1S/C24H29N3O6/c1-5-10-31-18-8-6-16(11-20(18)30-4)13-25-27-24(29)22(15(2)3)26-23(28)17-7-9-19-21(12-17)33-14-32-19/h6-9,11-13,15,22H,5,10,14H2,1-4H3,(H,26,28)(H,27,29). The molecule has 0 radical (unpaired) electrons. The maximum absolute atomic E-state index is 12.7. The van der Waals surface area contributed by atoms with Gasteiger partial charge in [0.05, 0.1) is 19.9 Å². The molecule has 1 atom stereocenters. The van der Waals surface area contributed by atoms with Crippen LogP contribution in [-0.2, 0) is 4.79 Å². The molecule has 9 nitrogen and oxygen atoms in total. The number of carbonyl (C=O) groups excluding carboxylic acids is 2. The first kappa shape index (κ1) is 23.9. The number of methoxy groups -OCH3 is 1. The molecule has 2 aromatic rings. The number of fused-ring (bicyclic) bond motifs is 1. The summed E-state index contributed by atoms with van der Waals surface area (Å²) in [5.41, 5.74) is 3.59. The van der Waals surface area contributed by atoms with Crippen molar-refractivity contribution in [1.82, 2.24) is 10.7 Å². The van der Waals surface area contributed by atoms with Gasteiger partial charge in [-0.2, -0.15) is 5.10 Å².